The molecule has 1 aliphatic heterocycles. The number of anilines is 2. The van der Waals surface area contributed by atoms with Gasteiger partial charge in [0, 0.05) is 18.8 Å². The number of nitrogens with one attached hydrogen (secondary N) is 1. The van der Waals surface area contributed by atoms with E-state index in [1.807, 2.05) is 0 Å². The molecule has 1 aromatic carbocycles. The van der Waals surface area contributed by atoms with Crippen molar-refractivity contribution in [3.05, 3.63) is 23.5 Å². The molecular weight excluding hydrogens is 237 g/mol. The van der Waals surface area contributed by atoms with Crippen LogP contribution in [0.5, 0.6) is 0 Å². The van der Waals surface area contributed by atoms with E-state index in [1.54, 1.807) is 11.8 Å². The molecule has 6 heteroatoms. The molecule has 1 heterocycles. The molecule has 0 bridgehead atoms. The molecule has 0 atom stereocenters. The molecule has 5 nitrogen and oxygen atoms in total. The first-order valence-corrected chi connectivity index (χ1v) is 5.78. The molecular formula is C12H16FN3O2. The van der Waals surface area contributed by atoms with Crippen molar-refractivity contribution in [3.63, 3.8) is 0 Å². The lowest BCUT2D eigenvalue weighted by molar-refractivity contribution is 0.0564. The summed E-state index contributed by atoms with van der Waals surface area (Å²) >= 11 is 0. The molecule has 0 radical (unpaired) electrons. The maximum atomic E-state index is 13.6. The van der Waals surface area contributed by atoms with E-state index in [2.05, 4.69) is 5.32 Å². The molecule has 0 spiro atoms. The number of hydrogen-bond donors (Lipinski definition) is 2. The summed E-state index contributed by atoms with van der Waals surface area (Å²) in [5.74, 6) is -0.483. The maximum absolute atomic E-state index is 13.6. The fourth-order valence-corrected chi connectivity index (χ4v) is 1.80. The van der Waals surface area contributed by atoms with E-state index < -0.39 is 5.82 Å². The van der Waals surface area contributed by atoms with Crippen LogP contribution in [-0.4, -0.2) is 37.2 Å². The van der Waals surface area contributed by atoms with Gasteiger partial charge in [-0.3, -0.25) is 0 Å². The van der Waals surface area contributed by atoms with E-state index in [0.29, 0.717) is 37.6 Å². The Bertz CT molecular complexity index is 459. The molecule has 0 aliphatic carbocycles. The largest absolute Gasteiger partial charge is 0.398 e. The Morgan fingerprint density at radius 3 is 2.78 bits per heavy atom. The molecule has 1 aromatic rings. The van der Waals surface area contributed by atoms with Gasteiger partial charge in [0.2, 0.25) is 0 Å². The molecule has 0 saturated carbocycles. The lowest BCUT2D eigenvalue weighted by Gasteiger charge is -2.27. The average molecular weight is 253 g/mol. The number of morpholine rings is 1. The van der Waals surface area contributed by atoms with Crippen LogP contribution in [0.1, 0.15) is 5.56 Å². The molecule has 0 unspecified atom stereocenters. The molecule has 98 valence electrons. The second-order valence-corrected chi connectivity index (χ2v) is 4.17. The summed E-state index contributed by atoms with van der Waals surface area (Å²) in [7, 11) is 0. The van der Waals surface area contributed by atoms with Crippen molar-refractivity contribution in [2.45, 2.75) is 6.92 Å². The third-order valence-electron chi connectivity index (χ3n) is 2.99. The van der Waals surface area contributed by atoms with E-state index in [0.717, 1.165) is 0 Å². The first-order valence-electron chi connectivity index (χ1n) is 5.78. The Hall–Kier alpha value is -1.82. The highest BCUT2D eigenvalue weighted by Gasteiger charge is 2.19. The number of benzene rings is 1. The van der Waals surface area contributed by atoms with Crippen LogP contribution in [0.15, 0.2) is 12.1 Å². The van der Waals surface area contributed by atoms with Gasteiger partial charge in [0.25, 0.3) is 0 Å². The summed E-state index contributed by atoms with van der Waals surface area (Å²) in [5.41, 5.74) is 6.83. The van der Waals surface area contributed by atoms with Crippen LogP contribution in [0.3, 0.4) is 0 Å². The van der Waals surface area contributed by atoms with Crippen LogP contribution in [0, 0.1) is 12.7 Å². The van der Waals surface area contributed by atoms with Crippen molar-refractivity contribution in [3.8, 4) is 0 Å². The van der Waals surface area contributed by atoms with Crippen LogP contribution in [0.4, 0.5) is 20.6 Å². The smallest absolute Gasteiger partial charge is 0.322 e. The highest BCUT2D eigenvalue weighted by atomic mass is 19.1. The second kappa shape index (κ2) is 5.22. The van der Waals surface area contributed by atoms with Gasteiger partial charge in [-0.25, -0.2) is 9.18 Å². The van der Waals surface area contributed by atoms with Crippen molar-refractivity contribution < 1.29 is 13.9 Å². The fraction of sp³-hybridized carbons (Fsp3) is 0.417. The van der Waals surface area contributed by atoms with Gasteiger partial charge in [-0.1, -0.05) is 0 Å². The third-order valence-corrected chi connectivity index (χ3v) is 2.99. The number of carbonyl (C=O) groups is 1. The monoisotopic (exact) mass is 253 g/mol. The number of rotatable bonds is 1. The first-order chi connectivity index (χ1) is 8.59. The molecule has 1 saturated heterocycles. The van der Waals surface area contributed by atoms with Gasteiger partial charge in [-0.05, 0) is 24.6 Å². The zero-order valence-corrected chi connectivity index (χ0v) is 10.2. The van der Waals surface area contributed by atoms with E-state index >= 15 is 0 Å². The van der Waals surface area contributed by atoms with Gasteiger partial charge < -0.3 is 20.7 Å². The standard InChI is InChI=1S/C12H16FN3O2/c1-8-10(14)3-2-9(13)11(8)15-12(17)16-4-6-18-7-5-16/h2-3H,4-7,14H2,1H3,(H,15,17). The Kier molecular flexibility index (Phi) is 3.66. The number of nitrogens with zero attached hydrogens (tertiary/aromatic N) is 1. The van der Waals surface area contributed by atoms with Gasteiger partial charge in [0.05, 0.1) is 18.9 Å². The molecule has 1 fully saturated rings. The van der Waals surface area contributed by atoms with E-state index in [1.165, 1.54) is 12.1 Å². The van der Waals surface area contributed by atoms with Gasteiger partial charge in [-0.15, -0.1) is 0 Å². The van der Waals surface area contributed by atoms with Crippen LogP contribution in [-0.2, 0) is 4.74 Å². The molecule has 18 heavy (non-hydrogen) atoms. The summed E-state index contributed by atoms with van der Waals surface area (Å²) in [6.45, 7) is 3.70. The quantitative estimate of drug-likeness (QED) is 0.747. The zero-order chi connectivity index (χ0) is 13.1. The fourth-order valence-electron chi connectivity index (χ4n) is 1.80. The van der Waals surface area contributed by atoms with Gasteiger partial charge in [0.1, 0.15) is 5.82 Å². The number of nitrogen functional groups attached to an aromatic ring is 1. The van der Waals surface area contributed by atoms with E-state index in [4.69, 9.17) is 10.5 Å². The average Bonchev–Trinajstić information content (AvgIpc) is 2.40. The lowest BCUT2D eigenvalue weighted by atomic mass is 10.1. The Labute approximate surface area is 105 Å². The minimum atomic E-state index is -0.483. The van der Waals surface area contributed by atoms with Crippen molar-refractivity contribution in [1.29, 1.82) is 0 Å². The van der Waals surface area contributed by atoms with Crippen LogP contribution >= 0.6 is 0 Å². The van der Waals surface area contributed by atoms with Crippen LogP contribution < -0.4 is 11.1 Å². The van der Waals surface area contributed by atoms with Crippen LogP contribution in [0.25, 0.3) is 0 Å². The SMILES string of the molecule is Cc1c(N)ccc(F)c1NC(=O)N1CCOCC1. The number of amides is 2. The van der Waals surface area contributed by atoms with Crippen molar-refractivity contribution >= 4 is 17.4 Å². The minimum absolute atomic E-state index is 0.145. The highest BCUT2D eigenvalue weighted by molar-refractivity contribution is 5.91. The maximum Gasteiger partial charge on any atom is 0.322 e. The number of nitrogens with two attached hydrogens (primary N) is 1. The van der Waals surface area contributed by atoms with Crippen molar-refractivity contribution in [2.75, 3.05) is 37.4 Å². The van der Waals surface area contributed by atoms with E-state index in [-0.39, 0.29) is 11.7 Å². The molecule has 1 aliphatic rings. The molecule has 2 rings (SSSR count). The molecule has 2 amide bonds. The highest BCUT2D eigenvalue weighted by Crippen LogP contribution is 2.24. The Morgan fingerprint density at radius 2 is 2.11 bits per heavy atom. The summed E-state index contributed by atoms with van der Waals surface area (Å²) in [5, 5.41) is 2.57. The topological polar surface area (TPSA) is 67.6 Å². The predicted molar refractivity (Wildman–Crippen MR) is 67.0 cm³/mol. The summed E-state index contributed by atoms with van der Waals surface area (Å²) in [4.78, 5) is 13.5. The minimum Gasteiger partial charge on any atom is -0.398 e. The van der Waals surface area contributed by atoms with Gasteiger partial charge in [-0.2, -0.15) is 0 Å². The lowest BCUT2D eigenvalue weighted by Crippen LogP contribution is -2.43. The Morgan fingerprint density at radius 1 is 1.44 bits per heavy atom. The van der Waals surface area contributed by atoms with Gasteiger partial charge in [0.15, 0.2) is 0 Å². The predicted octanol–water partition coefficient (Wildman–Crippen LogP) is 1.58. The summed E-state index contributed by atoms with van der Waals surface area (Å²) in [6.07, 6.45) is 0. The Balaban J connectivity index is 2.13. The molecule has 0 aromatic heterocycles. The van der Waals surface area contributed by atoms with Crippen molar-refractivity contribution in [1.82, 2.24) is 4.90 Å². The summed E-state index contributed by atoms with van der Waals surface area (Å²) < 4.78 is 18.8. The van der Waals surface area contributed by atoms with E-state index in [9.17, 15) is 9.18 Å². The number of hydrogen-bond acceptors (Lipinski definition) is 3. The number of carbonyl (C=O) groups excluding carboxylic acids is 1. The number of urea groups is 1. The number of halogens is 1. The molecule has 3 N–H and O–H groups in total. The zero-order valence-electron chi connectivity index (χ0n) is 10.2. The normalized spacial score (nSPS) is 15.6. The van der Waals surface area contributed by atoms with Crippen LogP contribution in [0.2, 0.25) is 0 Å². The number of ether oxygens (including phenoxy) is 1. The van der Waals surface area contributed by atoms with Gasteiger partial charge >= 0.3 is 6.03 Å². The van der Waals surface area contributed by atoms with Crippen molar-refractivity contribution in [2.24, 2.45) is 0 Å². The summed E-state index contributed by atoms with van der Waals surface area (Å²) in [6, 6.07) is 2.40. The third kappa shape index (κ3) is 2.53. The second-order valence-electron chi connectivity index (χ2n) is 4.17. The first kappa shape index (κ1) is 12.6.